The first kappa shape index (κ1) is 11.1. The van der Waals surface area contributed by atoms with Gasteiger partial charge in [0.25, 0.3) is 5.56 Å². The van der Waals surface area contributed by atoms with E-state index in [1.807, 2.05) is 26.0 Å². The van der Waals surface area contributed by atoms with Crippen LogP contribution in [-0.4, -0.2) is 9.97 Å². The number of hydrogen-bond donors (Lipinski definition) is 1. The van der Waals surface area contributed by atoms with Crippen LogP contribution in [0.2, 0.25) is 0 Å². The van der Waals surface area contributed by atoms with Crippen molar-refractivity contribution in [2.75, 3.05) is 0 Å². The Morgan fingerprint density at radius 2 is 2.06 bits per heavy atom. The summed E-state index contributed by atoms with van der Waals surface area (Å²) in [5.74, 6) is 0.603. The van der Waals surface area contributed by atoms with Gasteiger partial charge in [0.1, 0.15) is 10.3 Å². The molecule has 1 aromatic heterocycles. The van der Waals surface area contributed by atoms with Crippen molar-refractivity contribution in [1.82, 2.24) is 9.97 Å². The maximum atomic E-state index is 11.4. The first-order valence-corrected chi connectivity index (χ1v) is 5.69. The number of aromatic nitrogens is 2. The van der Waals surface area contributed by atoms with Gasteiger partial charge in [-0.15, -0.1) is 0 Å². The molecule has 4 heteroatoms. The number of H-pyrrole nitrogens is 1. The lowest BCUT2D eigenvalue weighted by Gasteiger charge is -2.05. The third-order valence-corrected chi connectivity index (χ3v) is 2.96. The van der Waals surface area contributed by atoms with E-state index in [9.17, 15) is 4.79 Å². The number of benzene rings is 1. The minimum atomic E-state index is -0.162. The van der Waals surface area contributed by atoms with Crippen molar-refractivity contribution >= 4 is 15.9 Å². The maximum absolute atomic E-state index is 11.4. The molecule has 0 spiro atoms. The van der Waals surface area contributed by atoms with E-state index >= 15 is 0 Å². The minimum Gasteiger partial charge on any atom is -0.306 e. The molecular weight excluding hydrogens is 268 g/mol. The first-order valence-electron chi connectivity index (χ1n) is 4.90. The predicted molar refractivity (Wildman–Crippen MR) is 67.5 cm³/mol. The van der Waals surface area contributed by atoms with Crippen LogP contribution in [0.1, 0.15) is 11.1 Å². The van der Waals surface area contributed by atoms with E-state index in [2.05, 4.69) is 32.0 Å². The molecule has 16 heavy (non-hydrogen) atoms. The third-order valence-electron chi connectivity index (χ3n) is 2.39. The normalized spacial score (nSPS) is 10.4. The van der Waals surface area contributed by atoms with Crippen LogP contribution in [0.4, 0.5) is 0 Å². The van der Waals surface area contributed by atoms with Gasteiger partial charge in [0.15, 0.2) is 0 Å². The zero-order valence-electron chi connectivity index (χ0n) is 9.04. The fourth-order valence-electron chi connectivity index (χ4n) is 1.60. The van der Waals surface area contributed by atoms with E-state index in [4.69, 9.17) is 0 Å². The van der Waals surface area contributed by atoms with Gasteiger partial charge in [0.05, 0.1) is 0 Å². The zero-order valence-corrected chi connectivity index (χ0v) is 10.6. The van der Waals surface area contributed by atoms with Crippen molar-refractivity contribution in [3.8, 4) is 11.4 Å². The molecule has 1 aromatic carbocycles. The number of rotatable bonds is 1. The highest BCUT2D eigenvalue weighted by Gasteiger charge is 2.05. The molecule has 2 rings (SSSR count). The number of nitrogens with zero attached hydrogens (tertiary/aromatic N) is 1. The standard InChI is InChI=1S/C12H11BrN2O/c1-7-3-4-9(8(2)5-7)11-14-6-10(13)12(16)15-11/h3-6H,1-2H3,(H,14,15,16). The molecule has 2 aromatic rings. The summed E-state index contributed by atoms with van der Waals surface area (Å²) in [5.41, 5.74) is 3.09. The predicted octanol–water partition coefficient (Wildman–Crippen LogP) is 2.82. The minimum absolute atomic E-state index is 0.162. The fraction of sp³-hybridized carbons (Fsp3) is 0.167. The van der Waals surface area contributed by atoms with Crippen LogP contribution < -0.4 is 5.56 Å². The smallest absolute Gasteiger partial charge is 0.265 e. The molecule has 1 N–H and O–H groups in total. The molecular formula is C12H11BrN2O. The van der Waals surface area contributed by atoms with E-state index in [0.717, 1.165) is 11.1 Å². The number of halogens is 1. The van der Waals surface area contributed by atoms with Crippen LogP contribution in [-0.2, 0) is 0 Å². The molecule has 0 saturated carbocycles. The Labute approximate surface area is 102 Å². The average molecular weight is 279 g/mol. The summed E-state index contributed by atoms with van der Waals surface area (Å²) in [5, 5.41) is 0. The lowest BCUT2D eigenvalue weighted by atomic mass is 10.1. The molecule has 0 amide bonds. The van der Waals surface area contributed by atoms with Gasteiger partial charge in [0, 0.05) is 11.8 Å². The van der Waals surface area contributed by atoms with Gasteiger partial charge < -0.3 is 4.98 Å². The second-order valence-corrected chi connectivity index (χ2v) is 4.58. The van der Waals surface area contributed by atoms with E-state index in [-0.39, 0.29) is 5.56 Å². The number of aryl methyl sites for hydroxylation is 2. The van der Waals surface area contributed by atoms with E-state index < -0.39 is 0 Å². The van der Waals surface area contributed by atoms with E-state index in [0.29, 0.717) is 10.3 Å². The fourth-order valence-corrected chi connectivity index (χ4v) is 1.80. The Balaban J connectivity index is 2.59. The lowest BCUT2D eigenvalue weighted by Crippen LogP contribution is -2.09. The van der Waals surface area contributed by atoms with Crippen LogP contribution in [0.25, 0.3) is 11.4 Å². The number of aromatic amines is 1. The van der Waals surface area contributed by atoms with Gasteiger partial charge in [-0.1, -0.05) is 23.8 Å². The highest BCUT2D eigenvalue weighted by Crippen LogP contribution is 2.19. The molecule has 0 aliphatic carbocycles. The van der Waals surface area contributed by atoms with Crippen LogP contribution in [0, 0.1) is 13.8 Å². The summed E-state index contributed by atoms with van der Waals surface area (Å²) < 4.78 is 0.445. The molecule has 0 fully saturated rings. The molecule has 0 atom stereocenters. The molecule has 1 heterocycles. The second kappa shape index (κ2) is 4.22. The van der Waals surface area contributed by atoms with Gasteiger partial charge >= 0.3 is 0 Å². The Morgan fingerprint density at radius 1 is 1.31 bits per heavy atom. The van der Waals surface area contributed by atoms with Crippen molar-refractivity contribution in [2.24, 2.45) is 0 Å². The molecule has 3 nitrogen and oxygen atoms in total. The summed E-state index contributed by atoms with van der Waals surface area (Å²) in [6.07, 6.45) is 1.52. The molecule has 0 unspecified atom stereocenters. The van der Waals surface area contributed by atoms with Crippen LogP contribution in [0.3, 0.4) is 0 Å². The summed E-state index contributed by atoms with van der Waals surface area (Å²) >= 11 is 3.13. The number of nitrogens with one attached hydrogen (secondary N) is 1. The van der Waals surface area contributed by atoms with Crippen LogP contribution in [0.5, 0.6) is 0 Å². The summed E-state index contributed by atoms with van der Waals surface area (Å²) in [6.45, 7) is 4.04. The Bertz CT molecular complexity index is 590. The highest BCUT2D eigenvalue weighted by molar-refractivity contribution is 9.10. The Morgan fingerprint density at radius 3 is 2.69 bits per heavy atom. The second-order valence-electron chi connectivity index (χ2n) is 3.73. The summed E-state index contributed by atoms with van der Waals surface area (Å²) in [6, 6.07) is 6.04. The van der Waals surface area contributed by atoms with Crippen molar-refractivity contribution in [3.05, 3.63) is 50.3 Å². The van der Waals surface area contributed by atoms with Gasteiger partial charge in [-0.2, -0.15) is 0 Å². The highest BCUT2D eigenvalue weighted by atomic mass is 79.9. The van der Waals surface area contributed by atoms with Crippen molar-refractivity contribution in [2.45, 2.75) is 13.8 Å². The van der Waals surface area contributed by atoms with Gasteiger partial charge in [-0.05, 0) is 35.3 Å². The third kappa shape index (κ3) is 2.07. The van der Waals surface area contributed by atoms with Crippen LogP contribution in [0.15, 0.2) is 33.7 Å². The zero-order chi connectivity index (χ0) is 11.7. The SMILES string of the molecule is Cc1ccc(-c2ncc(Br)c(=O)[nH]2)c(C)c1. The van der Waals surface area contributed by atoms with E-state index in [1.54, 1.807) is 0 Å². The van der Waals surface area contributed by atoms with Gasteiger partial charge in [0.2, 0.25) is 0 Å². The topological polar surface area (TPSA) is 45.8 Å². The van der Waals surface area contributed by atoms with Crippen molar-refractivity contribution in [3.63, 3.8) is 0 Å². The van der Waals surface area contributed by atoms with Gasteiger partial charge in [-0.3, -0.25) is 4.79 Å². The molecule has 0 aliphatic rings. The monoisotopic (exact) mass is 278 g/mol. The lowest BCUT2D eigenvalue weighted by molar-refractivity contribution is 1.10. The summed E-state index contributed by atoms with van der Waals surface area (Å²) in [7, 11) is 0. The largest absolute Gasteiger partial charge is 0.306 e. The number of hydrogen-bond acceptors (Lipinski definition) is 2. The Hall–Kier alpha value is -1.42. The quantitative estimate of drug-likeness (QED) is 0.872. The van der Waals surface area contributed by atoms with Crippen LogP contribution >= 0.6 is 15.9 Å². The molecule has 0 radical (unpaired) electrons. The average Bonchev–Trinajstić information content (AvgIpc) is 2.22. The van der Waals surface area contributed by atoms with Gasteiger partial charge in [-0.25, -0.2) is 4.98 Å². The first-order chi connectivity index (χ1) is 7.58. The summed E-state index contributed by atoms with van der Waals surface area (Å²) in [4.78, 5) is 18.4. The van der Waals surface area contributed by atoms with E-state index in [1.165, 1.54) is 11.8 Å². The van der Waals surface area contributed by atoms with Crippen molar-refractivity contribution in [1.29, 1.82) is 0 Å². The Kier molecular flexibility index (Phi) is 2.92. The maximum Gasteiger partial charge on any atom is 0.265 e. The molecule has 0 aliphatic heterocycles. The van der Waals surface area contributed by atoms with Crippen molar-refractivity contribution < 1.29 is 0 Å². The molecule has 82 valence electrons. The molecule has 0 saturated heterocycles. The molecule has 0 bridgehead atoms.